The van der Waals surface area contributed by atoms with Crippen LogP contribution in [0.2, 0.25) is 0 Å². The van der Waals surface area contributed by atoms with Gasteiger partial charge in [0, 0.05) is 31.9 Å². The summed E-state index contributed by atoms with van der Waals surface area (Å²) in [6, 6.07) is 0.780. The standard InChI is InChI=1S/C20H21F4N3O4.ClH/c1-31-17-14-11(16(28)12(18(29)30)7-27(14)10-2-3-10)6-13(21)15(17)26-5-4-19(8-25,9-26)20(22,23)24;/h6-7,10H,2-5,8-9,25H2,1H3,(H,29,30);1H/t19-;/m0./s1. The number of ether oxygens (including phenoxy) is 1. The van der Waals surface area contributed by atoms with Crippen LogP contribution in [0.5, 0.6) is 5.75 Å². The van der Waals surface area contributed by atoms with Gasteiger partial charge in [-0.3, -0.25) is 4.79 Å². The molecule has 1 saturated carbocycles. The highest BCUT2D eigenvalue weighted by Gasteiger charge is 2.57. The summed E-state index contributed by atoms with van der Waals surface area (Å²) in [5.74, 6) is -2.49. The molecular weight excluding hydrogens is 458 g/mol. The van der Waals surface area contributed by atoms with Crippen LogP contribution in [0, 0.1) is 11.2 Å². The van der Waals surface area contributed by atoms with E-state index < -0.39 is 47.5 Å². The zero-order chi connectivity index (χ0) is 22.7. The van der Waals surface area contributed by atoms with Crippen LogP contribution in [-0.4, -0.2) is 48.6 Å². The molecule has 1 aromatic carbocycles. The fourth-order valence-electron chi connectivity index (χ4n) is 4.30. The van der Waals surface area contributed by atoms with Gasteiger partial charge in [-0.25, -0.2) is 9.18 Å². The predicted molar refractivity (Wildman–Crippen MR) is 112 cm³/mol. The van der Waals surface area contributed by atoms with E-state index in [1.54, 1.807) is 4.57 Å². The summed E-state index contributed by atoms with van der Waals surface area (Å²) < 4.78 is 63.1. The van der Waals surface area contributed by atoms with Gasteiger partial charge in [0.15, 0.2) is 11.6 Å². The molecule has 0 unspecified atom stereocenters. The molecule has 1 saturated heterocycles. The molecule has 1 aromatic heterocycles. The minimum atomic E-state index is -4.57. The Hall–Kier alpha value is -2.53. The maximum absolute atomic E-state index is 15.2. The van der Waals surface area contributed by atoms with Crippen LogP contribution in [0.4, 0.5) is 23.2 Å². The number of methoxy groups -OCH3 is 1. The van der Waals surface area contributed by atoms with E-state index in [-0.39, 0.29) is 53.8 Å². The largest absolute Gasteiger partial charge is 0.492 e. The number of nitrogens with zero attached hydrogens (tertiary/aromatic N) is 2. The lowest BCUT2D eigenvalue weighted by atomic mass is 9.86. The van der Waals surface area contributed by atoms with Gasteiger partial charge in [0.2, 0.25) is 5.43 Å². The number of fused-ring (bicyclic) bond motifs is 1. The minimum absolute atomic E-state index is 0. The number of halogens is 5. The fraction of sp³-hybridized carbons (Fsp3) is 0.500. The zero-order valence-electron chi connectivity index (χ0n) is 17.0. The quantitative estimate of drug-likeness (QED) is 0.638. The second-order valence-corrected chi connectivity index (χ2v) is 8.11. The number of aromatic nitrogens is 1. The van der Waals surface area contributed by atoms with E-state index >= 15 is 4.39 Å². The molecule has 4 rings (SSSR count). The van der Waals surface area contributed by atoms with Gasteiger partial charge in [0.25, 0.3) is 0 Å². The highest BCUT2D eigenvalue weighted by Crippen LogP contribution is 2.49. The van der Waals surface area contributed by atoms with E-state index in [1.807, 2.05) is 0 Å². The number of hydrogen-bond acceptors (Lipinski definition) is 5. The summed E-state index contributed by atoms with van der Waals surface area (Å²) in [6.07, 6.45) is -2.23. The molecule has 2 aliphatic rings. The van der Waals surface area contributed by atoms with Crippen molar-refractivity contribution in [3.8, 4) is 5.75 Å². The van der Waals surface area contributed by atoms with Gasteiger partial charge in [-0.15, -0.1) is 12.4 Å². The summed E-state index contributed by atoms with van der Waals surface area (Å²) in [5.41, 5.74) is 1.88. The van der Waals surface area contributed by atoms with Crippen molar-refractivity contribution in [3.63, 3.8) is 0 Å². The second-order valence-electron chi connectivity index (χ2n) is 8.11. The molecule has 1 aliphatic heterocycles. The molecular formula is C20H22ClF4N3O4. The minimum Gasteiger partial charge on any atom is -0.492 e. The lowest BCUT2D eigenvalue weighted by molar-refractivity contribution is -0.212. The molecule has 3 N–H and O–H groups in total. The van der Waals surface area contributed by atoms with E-state index in [4.69, 9.17) is 10.5 Å². The summed E-state index contributed by atoms with van der Waals surface area (Å²) in [5, 5.41) is 9.18. The molecule has 12 heteroatoms. The van der Waals surface area contributed by atoms with Gasteiger partial charge in [0.1, 0.15) is 11.3 Å². The third kappa shape index (κ3) is 3.57. The Labute approximate surface area is 186 Å². The van der Waals surface area contributed by atoms with Crippen molar-refractivity contribution in [3.05, 3.63) is 33.9 Å². The zero-order valence-corrected chi connectivity index (χ0v) is 17.9. The molecule has 0 amide bonds. The van der Waals surface area contributed by atoms with Crippen LogP contribution < -0.4 is 20.8 Å². The molecule has 0 spiro atoms. The Morgan fingerprint density at radius 3 is 2.50 bits per heavy atom. The van der Waals surface area contributed by atoms with E-state index in [0.29, 0.717) is 0 Å². The van der Waals surface area contributed by atoms with Gasteiger partial charge in [-0.05, 0) is 25.3 Å². The van der Waals surface area contributed by atoms with Gasteiger partial charge in [0.05, 0.1) is 23.4 Å². The molecule has 2 heterocycles. The van der Waals surface area contributed by atoms with Crippen molar-refractivity contribution in [1.29, 1.82) is 0 Å². The van der Waals surface area contributed by atoms with Crippen molar-refractivity contribution in [2.24, 2.45) is 11.1 Å². The van der Waals surface area contributed by atoms with Gasteiger partial charge < -0.3 is 25.0 Å². The lowest BCUT2D eigenvalue weighted by Gasteiger charge is -2.31. The number of rotatable bonds is 5. The number of pyridine rings is 1. The number of anilines is 1. The number of carboxylic acid groups (broad SMARTS) is 1. The van der Waals surface area contributed by atoms with Crippen LogP contribution in [0.1, 0.15) is 35.7 Å². The monoisotopic (exact) mass is 479 g/mol. The van der Waals surface area contributed by atoms with Crippen LogP contribution in [0.15, 0.2) is 17.1 Å². The predicted octanol–water partition coefficient (Wildman–Crippen LogP) is 3.32. The van der Waals surface area contributed by atoms with E-state index in [0.717, 1.165) is 18.9 Å². The summed E-state index contributed by atoms with van der Waals surface area (Å²) in [6.45, 7) is -1.29. The Balaban J connectivity index is 0.00000289. The second kappa shape index (κ2) is 8.11. The van der Waals surface area contributed by atoms with Crippen molar-refractivity contribution < 1.29 is 32.2 Å². The van der Waals surface area contributed by atoms with Crippen molar-refractivity contribution >= 4 is 35.0 Å². The summed E-state index contributed by atoms with van der Waals surface area (Å²) in [7, 11) is 1.24. The Morgan fingerprint density at radius 2 is 2.03 bits per heavy atom. The Kier molecular flexibility index (Phi) is 6.11. The van der Waals surface area contributed by atoms with Crippen molar-refractivity contribution in [2.75, 3.05) is 31.6 Å². The molecule has 7 nitrogen and oxygen atoms in total. The first-order valence-electron chi connectivity index (χ1n) is 9.75. The third-order valence-corrected chi connectivity index (χ3v) is 6.24. The molecule has 2 aromatic rings. The topological polar surface area (TPSA) is 97.8 Å². The number of hydrogen-bond donors (Lipinski definition) is 2. The third-order valence-electron chi connectivity index (χ3n) is 6.24. The summed E-state index contributed by atoms with van der Waals surface area (Å²) >= 11 is 0. The SMILES string of the molecule is COc1c(N2CC[C@@](CN)(C(F)(F)F)C2)c(F)cc2c(=O)c(C(=O)O)cn(C3CC3)c12.Cl. The highest BCUT2D eigenvalue weighted by atomic mass is 35.5. The van der Waals surface area contributed by atoms with Crippen LogP contribution in [0.3, 0.4) is 0 Å². The Bertz CT molecular complexity index is 1130. The molecule has 0 radical (unpaired) electrons. The fourth-order valence-corrected chi connectivity index (χ4v) is 4.30. The smallest absolute Gasteiger partial charge is 0.397 e. The van der Waals surface area contributed by atoms with Gasteiger partial charge in [-0.1, -0.05) is 0 Å². The maximum atomic E-state index is 15.2. The molecule has 32 heavy (non-hydrogen) atoms. The van der Waals surface area contributed by atoms with Crippen LogP contribution in [0.25, 0.3) is 10.9 Å². The normalized spacial score (nSPS) is 21.0. The van der Waals surface area contributed by atoms with Gasteiger partial charge in [-0.2, -0.15) is 13.2 Å². The average molecular weight is 480 g/mol. The van der Waals surface area contributed by atoms with E-state index in [2.05, 4.69) is 0 Å². The summed E-state index contributed by atoms with van der Waals surface area (Å²) in [4.78, 5) is 25.5. The van der Waals surface area contributed by atoms with Crippen LogP contribution in [-0.2, 0) is 0 Å². The number of carboxylic acids is 1. The molecule has 0 bridgehead atoms. The number of nitrogens with two attached hydrogens (primary N) is 1. The van der Waals surface area contributed by atoms with E-state index in [9.17, 15) is 27.9 Å². The first kappa shape index (κ1) is 24.1. The Morgan fingerprint density at radius 1 is 1.38 bits per heavy atom. The molecule has 1 aliphatic carbocycles. The highest BCUT2D eigenvalue weighted by molar-refractivity contribution is 5.97. The lowest BCUT2D eigenvalue weighted by Crippen LogP contribution is -2.46. The maximum Gasteiger partial charge on any atom is 0.397 e. The van der Waals surface area contributed by atoms with Crippen molar-refractivity contribution in [1.82, 2.24) is 4.57 Å². The van der Waals surface area contributed by atoms with Crippen molar-refractivity contribution in [2.45, 2.75) is 31.5 Å². The average Bonchev–Trinajstić information content (AvgIpc) is 3.44. The first-order chi connectivity index (χ1) is 14.5. The number of carbonyl (C=O) groups is 1. The number of alkyl halides is 3. The molecule has 176 valence electrons. The molecule has 2 fully saturated rings. The van der Waals surface area contributed by atoms with Gasteiger partial charge >= 0.3 is 12.1 Å². The first-order valence-corrected chi connectivity index (χ1v) is 9.75. The number of aromatic carboxylic acids is 1. The number of benzene rings is 1. The molecule has 1 atom stereocenters. The van der Waals surface area contributed by atoms with Crippen LogP contribution >= 0.6 is 12.4 Å². The van der Waals surface area contributed by atoms with E-state index in [1.165, 1.54) is 18.2 Å².